The Hall–Kier alpha value is -5.62. The topological polar surface area (TPSA) is 234 Å². The smallest absolute Gasteiger partial charge is 0.284 e. The van der Waals surface area contributed by atoms with Gasteiger partial charge >= 0.3 is 0 Å². The monoisotopic (exact) mass is 764 g/mol. The molecule has 7 unspecified atom stereocenters. The van der Waals surface area contributed by atoms with Gasteiger partial charge in [-0.2, -0.15) is 4.99 Å². The van der Waals surface area contributed by atoms with E-state index in [1.807, 2.05) is 12.1 Å². The van der Waals surface area contributed by atoms with Crippen LogP contribution in [0.4, 0.5) is 5.69 Å². The number of benzene rings is 3. The fourth-order valence-corrected chi connectivity index (χ4v) is 8.74. The Bertz CT molecular complexity index is 2280. The van der Waals surface area contributed by atoms with Crippen LogP contribution in [-0.2, 0) is 14.3 Å². The quantitative estimate of drug-likeness (QED) is 0.147. The highest BCUT2D eigenvalue weighted by molar-refractivity contribution is 6.68. The summed E-state index contributed by atoms with van der Waals surface area (Å²) < 4.78 is 25.7. The second-order valence-electron chi connectivity index (χ2n) is 14.5. The third-order valence-corrected chi connectivity index (χ3v) is 11.4. The van der Waals surface area contributed by atoms with Crippen molar-refractivity contribution in [2.24, 2.45) is 9.98 Å². The average Bonchev–Trinajstić information content (AvgIpc) is 3.86. The van der Waals surface area contributed by atoms with Crippen LogP contribution in [-0.4, -0.2) is 112 Å². The van der Waals surface area contributed by atoms with Gasteiger partial charge in [0.25, 0.3) is 11.7 Å². The largest absolute Gasteiger partial charge is 0.492 e. The van der Waals surface area contributed by atoms with Gasteiger partial charge in [-0.25, -0.2) is 9.89 Å². The number of amides is 1. The van der Waals surface area contributed by atoms with Gasteiger partial charge < -0.3 is 39.4 Å². The zero-order chi connectivity index (χ0) is 38.9. The normalized spacial score (nSPS) is 28.8. The number of ketones is 2. The average molecular weight is 765 g/mol. The molecule has 2 fully saturated rings. The van der Waals surface area contributed by atoms with E-state index in [2.05, 4.69) is 15.3 Å². The highest BCUT2D eigenvalue weighted by Gasteiger charge is 2.56. The maximum Gasteiger partial charge on any atom is 0.284 e. The Labute approximate surface area is 319 Å². The molecule has 9 rings (SSSR count). The van der Waals surface area contributed by atoms with Crippen LogP contribution in [0.2, 0.25) is 0 Å². The number of carbonyl (C=O) groups is 3. The first-order chi connectivity index (χ1) is 27.1. The minimum absolute atomic E-state index is 0.00211. The molecule has 1 saturated heterocycles. The van der Waals surface area contributed by atoms with Crippen molar-refractivity contribution in [2.75, 3.05) is 19.9 Å². The molecule has 2 aliphatic carbocycles. The number of quaternary nitrogens is 1. The van der Waals surface area contributed by atoms with E-state index in [0.29, 0.717) is 29.0 Å². The molecule has 7 atom stereocenters. The van der Waals surface area contributed by atoms with Crippen molar-refractivity contribution in [3.8, 4) is 11.5 Å². The minimum atomic E-state index is -1.79. The number of guanidine groups is 1. The van der Waals surface area contributed by atoms with E-state index in [1.54, 1.807) is 36.4 Å². The molecule has 6 aliphatic rings. The highest BCUT2D eigenvalue weighted by atomic mass is 16.7. The van der Waals surface area contributed by atoms with Crippen LogP contribution >= 0.6 is 0 Å². The van der Waals surface area contributed by atoms with Crippen LogP contribution in [0.15, 0.2) is 76.9 Å². The van der Waals surface area contributed by atoms with Gasteiger partial charge in [-0.1, -0.05) is 42.5 Å². The van der Waals surface area contributed by atoms with Crippen LogP contribution in [0, 0.1) is 5.41 Å². The summed E-state index contributed by atoms with van der Waals surface area (Å²) in [7, 11) is 0. The molecule has 56 heavy (non-hydrogen) atoms. The lowest BCUT2D eigenvalue weighted by Gasteiger charge is -2.47. The zero-order valence-corrected chi connectivity index (χ0v) is 29.8. The molecule has 4 aliphatic heterocycles. The third kappa shape index (κ3) is 5.59. The molecule has 3 aromatic rings. The number of nitrogens with zero attached hydrogens (tertiary/aromatic N) is 2. The van der Waals surface area contributed by atoms with Crippen LogP contribution in [0.3, 0.4) is 0 Å². The predicted molar refractivity (Wildman–Crippen MR) is 196 cm³/mol. The Morgan fingerprint density at radius 2 is 1.66 bits per heavy atom. The number of aliphatic hydroxyl groups excluding tert-OH is 4. The van der Waals surface area contributed by atoms with E-state index in [0.717, 1.165) is 12.8 Å². The summed E-state index contributed by atoms with van der Waals surface area (Å²) in [6, 6.07) is 15.2. The molecule has 0 aromatic heterocycles. The van der Waals surface area contributed by atoms with E-state index >= 15 is 0 Å². The van der Waals surface area contributed by atoms with Crippen LogP contribution in [0.25, 0.3) is 0 Å². The molecule has 7 N–H and O–H groups in total. The summed E-state index contributed by atoms with van der Waals surface area (Å²) >= 11 is 0. The van der Waals surface area contributed by atoms with Gasteiger partial charge in [0.2, 0.25) is 18.0 Å². The fourth-order valence-electron chi connectivity index (χ4n) is 8.74. The van der Waals surface area contributed by atoms with Crippen molar-refractivity contribution in [3.63, 3.8) is 0 Å². The summed E-state index contributed by atoms with van der Waals surface area (Å²) in [5, 5.41) is 54.5. The number of carbonyl (C=O) groups excluding carboxylic acids is 3. The minimum Gasteiger partial charge on any atom is -0.492 e. The molecule has 288 valence electrons. The summed E-state index contributed by atoms with van der Waals surface area (Å²) in [6.07, 6.45) is -2.26. The summed E-state index contributed by atoms with van der Waals surface area (Å²) in [5.41, 5.74) is 0.612. The maximum absolute atomic E-state index is 14.3. The first-order valence-corrected chi connectivity index (χ1v) is 18.4. The van der Waals surface area contributed by atoms with Crippen LogP contribution in [0.5, 0.6) is 11.5 Å². The Kier molecular flexibility index (Phi) is 8.91. The van der Waals surface area contributed by atoms with E-state index < -0.39 is 66.3 Å². The molecule has 3 aromatic carbocycles. The Balaban J connectivity index is 1.30. The van der Waals surface area contributed by atoms with Gasteiger partial charge in [0.15, 0.2) is 29.7 Å². The van der Waals surface area contributed by atoms with Crippen molar-refractivity contribution in [2.45, 2.75) is 67.9 Å². The third-order valence-electron chi connectivity index (χ3n) is 11.4. The van der Waals surface area contributed by atoms with Crippen LogP contribution in [0.1, 0.15) is 74.6 Å². The lowest BCUT2D eigenvalue weighted by atomic mass is 9.79. The standard InChI is InChI=1S/C40H37N5O11/c41-39-43-36-27(37(52)44-39)42-18-45(36)25-10-4-3-7-20(25)19-11-15-54-40(12-5-6-13-40)35-31(50)30(49)32(51)38(56-35)55-33-23(19)17-24-26(34(33)53-16-14-46)29(48)22-9-2-1-8-21(22)28(24)47/h1-4,7-11,15,17,19,30-32,35,38,46,49-51H,5-6,12-14,16,18H2,(H2,41,44,52)/p+1. The van der Waals surface area contributed by atoms with E-state index in [9.17, 15) is 34.8 Å². The van der Waals surface area contributed by atoms with Gasteiger partial charge in [-0.05, 0) is 43.9 Å². The second-order valence-corrected chi connectivity index (χ2v) is 14.5. The molecular formula is C40H38N5O11+. The number of hydrogen-bond donors (Lipinski definition) is 7. The molecule has 16 heteroatoms. The number of fused-ring (bicyclic) bond motifs is 7. The molecule has 0 radical (unpaired) electrons. The Morgan fingerprint density at radius 1 is 0.929 bits per heavy atom. The van der Waals surface area contributed by atoms with E-state index in [4.69, 9.17) is 24.4 Å². The van der Waals surface area contributed by atoms with Crippen molar-refractivity contribution in [1.29, 1.82) is 5.41 Å². The number of allylic oxidation sites excluding steroid dienone is 1. The number of para-hydroxylation sites is 1. The lowest BCUT2D eigenvalue weighted by molar-refractivity contribution is -0.723. The molecular weight excluding hydrogens is 726 g/mol. The van der Waals surface area contributed by atoms with E-state index in [-0.39, 0.29) is 70.1 Å². The number of aliphatic imine (C=N–C) groups is 2. The maximum atomic E-state index is 14.3. The van der Waals surface area contributed by atoms with Crippen LogP contribution < -0.4 is 19.7 Å². The van der Waals surface area contributed by atoms with Gasteiger partial charge in [-0.15, -0.1) is 0 Å². The number of ether oxygens (including phenoxy) is 4. The van der Waals surface area contributed by atoms with Gasteiger partial charge in [0.1, 0.15) is 42.3 Å². The van der Waals surface area contributed by atoms with Crippen molar-refractivity contribution < 1.29 is 58.7 Å². The van der Waals surface area contributed by atoms with Crippen molar-refractivity contribution in [3.05, 3.63) is 100 Å². The lowest BCUT2D eigenvalue weighted by Crippen LogP contribution is -3.09. The SMILES string of the molecule is N=C1N=C2C(=NC[NH+]2c2ccccc2C2C=COC3(CCCC3)C3OC(Oc4c2cc2c(c4OCCO)C(=O)c4ccccc4C2=O)C(O)C(O)C3O)C(=O)N1. The highest BCUT2D eigenvalue weighted by Crippen LogP contribution is 2.50. The molecule has 16 nitrogen and oxygen atoms in total. The van der Waals surface area contributed by atoms with Crippen molar-refractivity contribution >= 4 is 40.7 Å². The summed E-state index contributed by atoms with van der Waals surface area (Å²) in [6.45, 7) is -0.715. The second kappa shape index (κ2) is 13.8. The number of nitrogens with one attached hydrogen (secondary N) is 3. The molecule has 1 amide bonds. The fraction of sp³-hybridized carbons (Fsp3) is 0.350. The predicted octanol–water partition coefficient (Wildman–Crippen LogP) is 0.400. The van der Waals surface area contributed by atoms with Crippen molar-refractivity contribution in [1.82, 2.24) is 5.32 Å². The van der Waals surface area contributed by atoms with E-state index in [1.165, 1.54) is 18.4 Å². The number of rotatable bonds is 5. The van der Waals surface area contributed by atoms with Gasteiger partial charge in [0, 0.05) is 33.7 Å². The zero-order valence-electron chi connectivity index (χ0n) is 29.8. The first-order valence-electron chi connectivity index (χ1n) is 18.4. The summed E-state index contributed by atoms with van der Waals surface area (Å²) in [4.78, 5) is 50.8. The number of aliphatic hydroxyl groups is 4. The van der Waals surface area contributed by atoms with Gasteiger partial charge in [-0.3, -0.25) is 25.1 Å². The molecule has 1 saturated carbocycles. The number of amidine groups is 1. The Morgan fingerprint density at radius 3 is 2.43 bits per heavy atom. The molecule has 1 spiro atoms. The molecule has 4 heterocycles. The summed E-state index contributed by atoms with van der Waals surface area (Å²) in [5.74, 6) is -2.85. The first kappa shape index (κ1) is 36.0. The van der Waals surface area contributed by atoms with Gasteiger partial charge in [0.05, 0.1) is 18.4 Å². The molecule has 2 bridgehead atoms. The number of hydrogen-bond acceptors (Lipinski definition) is 13.